The van der Waals surface area contributed by atoms with Crippen molar-refractivity contribution in [3.63, 3.8) is 0 Å². The average molecular weight is 212 g/mol. The molecule has 0 saturated carbocycles. The molecule has 1 heterocycles. The van der Waals surface area contributed by atoms with Gasteiger partial charge in [0.25, 0.3) is 0 Å². The predicted molar refractivity (Wildman–Crippen MR) is 62.7 cm³/mol. The van der Waals surface area contributed by atoms with Crippen LogP contribution in [-0.2, 0) is 12.0 Å². The van der Waals surface area contributed by atoms with Gasteiger partial charge in [-0.3, -0.25) is 0 Å². The molecule has 0 bridgehead atoms. The van der Waals surface area contributed by atoms with E-state index in [4.69, 9.17) is 5.73 Å². The molecule has 3 heteroatoms. The first-order valence-electron chi connectivity index (χ1n) is 5.33. The predicted octanol–water partition coefficient (Wildman–Crippen LogP) is 2.99. The standard InChI is InChI=1S/C11H20N2S/c1-5-9-8(4)14-10(13-9)11(12,6-2)7-3/h5-7,12H2,1-4H3. The van der Waals surface area contributed by atoms with Crippen LogP contribution in [0.3, 0.4) is 0 Å². The van der Waals surface area contributed by atoms with Gasteiger partial charge in [-0.2, -0.15) is 0 Å². The Morgan fingerprint density at radius 2 is 1.86 bits per heavy atom. The lowest BCUT2D eigenvalue weighted by molar-refractivity contribution is 0.410. The van der Waals surface area contributed by atoms with E-state index in [1.54, 1.807) is 11.3 Å². The first-order valence-corrected chi connectivity index (χ1v) is 6.14. The quantitative estimate of drug-likeness (QED) is 0.833. The summed E-state index contributed by atoms with van der Waals surface area (Å²) < 4.78 is 0. The maximum Gasteiger partial charge on any atom is 0.113 e. The van der Waals surface area contributed by atoms with Crippen molar-refractivity contribution in [3.8, 4) is 0 Å². The Balaban J connectivity index is 3.06. The van der Waals surface area contributed by atoms with Gasteiger partial charge in [-0.1, -0.05) is 20.8 Å². The van der Waals surface area contributed by atoms with Gasteiger partial charge in [0, 0.05) is 4.88 Å². The summed E-state index contributed by atoms with van der Waals surface area (Å²) in [4.78, 5) is 5.95. The Morgan fingerprint density at radius 3 is 2.21 bits per heavy atom. The van der Waals surface area contributed by atoms with E-state index < -0.39 is 0 Å². The van der Waals surface area contributed by atoms with Crippen LogP contribution >= 0.6 is 11.3 Å². The Labute approximate surface area is 90.6 Å². The third kappa shape index (κ3) is 1.98. The largest absolute Gasteiger partial charge is 0.319 e. The Kier molecular flexibility index (Phi) is 3.67. The molecule has 0 saturated heterocycles. The van der Waals surface area contributed by atoms with Gasteiger partial charge in [0.05, 0.1) is 11.2 Å². The van der Waals surface area contributed by atoms with E-state index >= 15 is 0 Å². The lowest BCUT2D eigenvalue weighted by Crippen LogP contribution is -2.34. The number of aryl methyl sites for hydroxylation is 2. The molecule has 0 atom stereocenters. The van der Waals surface area contributed by atoms with Crippen molar-refractivity contribution in [1.82, 2.24) is 4.98 Å². The van der Waals surface area contributed by atoms with Crippen LogP contribution in [-0.4, -0.2) is 4.98 Å². The fourth-order valence-electron chi connectivity index (χ4n) is 1.52. The molecule has 0 fully saturated rings. The Morgan fingerprint density at radius 1 is 1.29 bits per heavy atom. The third-order valence-electron chi connectivity index (χ3n) is 2.92. The number of rotatable bonds is 4. The second-order valence-electron chi connectivity index (χ2n) is 3.74. The van der Waals surface area contributed by atoms with Crippen molar-refractivity contribution in [3.05, 3.63) is 15.6 Å². The van der Waals surface area contributed by atoms with E-state index in [1.165, 1.54) is 10.6 Å². The minimum atomic E-state index is -0.206. The highest BCUT2D eigenvalue weighted by Gasteiger charge is 2.27. The van der Waals surface area contributed by atoms with Gasteiger partial charge >= 0.3 is 0 Å². The van der Waals surface area contributed by atoms with Gasteiger partial charge in [0.15, 0.2) is 0 Å². The number of thiazole rings is 1. The van der Waals surface area contributed by atoms with Gasteiger partial charge in [0.1, 0.15) is 5.01 Å². The van der Waals surface area contributed by atoms with Gasteiger partial charge in [0.2, 0.25) is 0 Å². The molecule has 0 aliphatic heterocycles. The lowest BCUT2D eigenvalue weighted by atomic mass is 9.95. The number of hydrogen-bond acceptors (Lipinski definition) is 3. The molecule has 0 aromatic carbocycles. The van der Waals surface area contributed by atoms with Gasteiger partial charge < -0.3 is 5.73 Å². The zero-order chi connectivity index (χ0) is 10.8. The van der Waals surface area contributed by atoms with E-state index in [0.29, 0.717) is 0 Å². The summed E-state index contributed by atoms with van der Waals surface area (Å²) in [6.07, 6.45) is 2.92. The molecule has 0 unspecified atom stereocenters. The smallest absolute Gasteiger partial charge is 0.113 e. The molecule has 80 valence electrons. The highest BCUT2D eigenvalue weighted by atomic mass is 32.1. The molecule has 0 amide bonds. The molecule has 0 radical (unpaired) electrons. The average Bonchev–Trinajstić information content (AvgIpc) is 2.59. The van der Waals surface area contributed by atoms with Gasteiger partial charge in [-0.05, 0) is 26.2 Å². The molecule has 0 aliphatic carbocycles. The molecule has 2 N–H and O–H groups in total. The Hall–Kier alpha value is -0.410. The van der Waals surface area contributed by atoms with Crippen LogP contribution in [0.4, 0.5) is 0 Å². The van der Waals surface area contributed by atoms with E-state index in [9.17, 15) is 0 Å². The van der Waals surface area contributed by atoms with E-state index in [2.05, 4.69) is 32.7 Å². The van der Waals surface area contributed by atoms with Crippen LogP contribution < -0.4 is 5.73 Å². The normalized spacial score (nSPS) is 12.1. The number of aromatic nitrogens is 1. The zero-order valence-corrected chi connectivity index (χ0v) is 10.4. The fourth-order valence-corrected chi connectivity index (χ4v) is 2.77. The fraction of sp³-hybridized carbons (Fsp3) is 0.727. The monoisotopic (exact) mass is 212 g/mol. The van der Waals surface area contributed by atoms with Crippen LogP contribution in [0, 0.1) is 6.92 Å². The summed E-state index contributed by atoms with van der Waals surface area (Å²) in [5.74, 6) is 0. The first kappa shape index (κ1) is 11.7. The molecule has 1 rings (SSSR count). The van der Waals surface area contributed by atoms with Crippen LogP contribution in [0.15, 0.2) is 0 Å². The Bertz CT molecular complexity index is 300. The highest BCUT2D eigenvalue weighted by Crippen LogP contribution is 2.31. The second-order valence-corrected chi connectivity index (χ2v) is 4.94. The lowest BCUT2D eigenvalue weighted by Gasteiger charge is -2.23. The first-order chi connectivity index (χ1) is 6.57. The van der Waals surface area contributed by atoms with E-state index in [1.807, 2.05) is 0 Å². The minimum absolute atomic E-state index is 0.206. The number of nitrogens with zero attached hydrogens (tertiary/aromatic N) is 1. The molecular weight excluding hydrogens is 192 g/mol. The summed E-state index contributed by atoms with van der Waals surface area (Å²) >= 11 is 1.76. The van der Waals surface area contributed by atoms with Crippen LogP contribution in [0.25, 0.3) is 0 Å². The van der Waals surface area contributed by atoms with Crippen LogP contribution in [0.2, 0.25) is 0 Å². The van der Waals surface area contributed by atoms with Crippen molar-refractivity contribution in [2.24, 2.45) is 5.73 Å². The van der Waals surface area contributed by atoms with Crippen molar-refractivity contribution in [2.45, 2.75) is 52.5 Å². The van der Waals surface area contributed by atoms with E-state index in [0.717, 1.165) is 24.3 Å². The molecule has 1 aromatic heterocycles. The van der Waals surface area contributed by atoms with Gasteiger partial charge in [-0.25, -0.2) is 4.98 Å². The summed E-state index contributed by atoms with van der Waals surface area (Å²) in [5, 5.41) is 1.11. The number of nitrogens with two attached hydrogens (primary N) is 1. The third-order valence-corrected chi connectivity index (χ3v) is 4.15. The SMILES string of the molecule is CCc1nc(C(N)(CC)CC)sc1C. The molecule has 0 spiro atoms. The van der Waals surface area contributed by atoms with Crippen LogP contribution in [0.1, 0.15) is 49.2 Å². The molecule has 0 aliphatic rings. The second kappa shape index (κ2) is 4.41. The van der Waals surface area contributed by atoms with Crippen molar-refractivity contribution in [2.75, 3.05) is 0 Å². The molecule has 1 aromatic rings. The van der Waals surface area contributed by atoms with Gasteiger partial charge in [-0.15, -0.1) is 11.3 Å². The zero-order valence-electron chi connectivity index (χ0n) is 9.55. The highest BCUT2D eigenvalue weighted by molar-refractivity contribution is 7.11. The van der Waals surface area contributed by atoms with Crippen molar-refractivity contribution in [1.29, 1.82) is 0 Å². The number of hydrogen-bond donors (Lipinski definition) is 1. The molecular formula is C11H20N2S. The summed E-state index contributed by atoms with van der Waals surface area (Å²) in [7, 11) is 0. The maximum absolute atomic E-state index is 6.30. The molecule has 14 heavy (non-hydrogen) atoms. The topological polar surface area (TPSA) is 38.9 Å². The maximum atomic E-state index is 6.30. The van der Waals surface area contributed by atoms with Crippen molar-refractivity contribution >= 4 is 11.3 Å². The summed E-state index contributed by atoms with van der Waals surface area (Å²) in [6.45, 7) is 8.53. The van der Waals surface area contributed by atoms with E-state index in [-0.39, 0.29) is 5.54 Å². The van der Waals surface area contributed by atoms with Crippen LogP contribution in [0.5, 0.6) is 0 Å². The van der Waals surface area contributed by atoms with Crippen molar-refractivity contribution < 1.29 is 0 Å². The summed E-state index contributed by atoms with van der Waals surface area (Å²) in [5.41, 5.74) is 7.31. The minimum Gasteiger partial charge on any atom is -0.319 e. The summed E-state index contributed by atoms with van der Waals surface area (Å²) in [6, 6.07) is 0. The molecule has 2 nitrogen and oxygen atoms in total.